The van der Waals surface area contributed by atoms with Gasteiger partial charge in [-0.15, -0.1) is 0 Å². The average molecular weight is 377 g/mol. The molecule has 2 fully saturated rings. The van der Waals surface area contributed by atoms with E-state index >= 15 is 0 Å². The highest BCUT2D eigenvalue weighted by molar-refractivity contribution is 8.26. The number of carbonyl (C=O) groups excluding carboxylic acids is 1. The van der Waals surface area contributed by atoms with E-state index in [-0.39, 0.29) is 5.91 Å². The van der Waals surface area contributed by atoms with Crippen LogP contribution in [0.25, 0.3) is 6.08 Å². The van der Waals surface area contributed by atoms with Crippen LogP contribution in [0.2, 0.25) is 0 Å². The summed E-state index contributed by atoms with van der Waals surface area (Å²) >= 11 is 6.85. The predicted octanol–water partition coefficient (Wildman–Crippen LogP) is 3.15. The van der Waals surface area contributed by atoms with Gasteiger partial charge in [0, 0.05) is 26.2 Å². The van der Waals surface area contributed by atoms with Gasteiger partial charge in [-0.3, -0.25) is 14.6 Å². The Morgan fingerprint density at radius 3 is 2.52 bits per heavy atom. The molecule has 25 heavy (non-hydrogen) atoms. The predicted molar refractivity (Wildman–Crippen MR) is 108 cm³/mol. The van der Waals surface area contributed by atoms with Crippen LogP contribution < -0.4 is 0 Å². The van der Waals surface area contributed by atoms with Crippen molar-refractivity contribution >= 4 is 40.3 Å². The van der Waals surface area contributed by atoms with Crippen LogP contribution in [0, 0.1) is 20.8 Å². The lowest BCUT2D eigenvalue weighted by molar-refractivity contribution is -0.122. The fourth-order valence-electron chi connectivity index (χ4n) is 3.04. The average Bonchev–Trinajstić information content (AvgIpc) is 2.85. The van der Waals surface area contributed by atoms with E-state index in [1.165, 1.54) is 28.5 Å². The van der Waals surface area contributed by atoms with Gasteiger partial charge >= 0.3 is 0 Å². The Labute approximate surface area is 159 Å². The lowest BCUT2D eigenvalue weighted by atomic mass is 10.0. The second-order valence-corrected chi connectivity index (χ2v) is 8.26. The summed E-state index contributed by atoms with van der Waals surface area (Å²) in [4.78, 5) is 17.5. The van der Waals surface area contributed by atoms with E-state index in [1.807, 2.05) is 6.08 Å². The Kier molecular flexibility index (Phi) is 5.94. The van der Waals surface area contributed by atoms with Gasteiger partial charge in [0.2, 0.25) is 0 Å². The minimum absolute atomic E-state index is 0.0286. The number of hydrogen-bond donors (Lipinski definition) is 0. The fraction of sp³-hybridized carbons (Fsp3) is 0.474. The highest BCUT2D eigenvalue weighted by Crippen LogP contribution is 2.33. The highest BCUT2D eigenvalue weighted by Gasteiger charge is 2.32. The first-order chi connectivity index (χ1) is 12.0. The van der Waals surface area contributed by atoms with E-state index in [1.54, 1.807) is 4.90 Å². The Morgan fingerprint density at radius 1 is 1.12 bits per heavy atom. The lowest BCUT2D eigenvalue weighted by Crippen LogP contribution is -2.42. The molecule has 3 rings (SSSR count). The molecule has 2 aliphatic heterocycles. The first-order valence-electron chi connectivity index (χ1n) is 8.59. The summed E-state index contributed by atoms with van der Waals surface area (Å²) < 4.78 is 6.02. The summed E-state index contributed by atoms with van der Waals surface area (Å²) in [5.41, 5.74) is 4.78. The third kappa shape index (κ3) is 4.31. The minimum Gasteiger partial charge on any atom is -0.379 e. The third-order valence-corrected chi connectivity index (χ3v) is 6.16. The summed E-state index contributed by atoms with van der Waals surface area (Å²) in [6.45, 7) is 11.2. The largest absolute Gasteiger partial charge is 0.379 e. The second kappa shape index (κ2) is 7.99. The molecule has 1 aromatic rings. The van der Waals surface area contributed by atoms with Crippen LogP contribution in [-0.2, 0) is 9.53 Å². The summed E-state index contributed by atoms with van der Waals surface area (Å²) in [5.74, 6) is 0.0286. The van der Waals surface area contributed by atoms with Crippen LogP contribution in [0.5, 0.6) is 0 Å². The second-order valence-electron chi connectivity index (χ2n) is 6.58. The van der Waals surface area contributed by atoms with Gasteiger partial charge < -0.3 is 4.74 Å². The molecule has 0 unspecified atom stereocenters. The summed E-state index contributed by atoms with van der Waals surface area (Å²) in [6.07, 6.45) is 1.98. The molecular weight excluding hydrogens is 352 g/mol. The van der Waals surface area contributed by atoms with Gasteiger partial charge in [0.1, 0.15) is 4.32 Å². The molecule has 0 spiro atoms. The topological polar surface area (TPSA) is 32.8 Å². The van der Waals surface area contributed by atoms with Crippen molar-refractivity contribution in [1.82, 2.24) is 9.80 Å². The van der Waals surface area contributed by atoms with Crippen molar-refractivity contribution < 1.29 is 9.53 Å². The third-order valence-electron chi connectivity index (χ3n) is 4.79. The molecule has 6 heteroatoms. The summed E-state index contributed by atoms with van der Waals surface area (Å²) in [7, 11) is 0. The van der Waals surface area contributed by atoms with Crippen LogP contribution in [0.15, 0.2) is 17.0 Å². The molecule has 2 saturated heterocycles. The summed E-state index contributed by atoms with van der Waals surface area (Å²) in [5, 5.41) is 0. The zero-order valence-electron chi connectivity index (χ0n) is 15.0. The van der Waals surface area contributed by atoms with Gasteiger partial charge in [-0.2, -0.15) is 0 Å². The molecule has 1 aromatic carbocycles. The maximum atomic E-state index is 12.8. The first kappa shape index (κ1) is 18.6. The molecule has 1 amide bonds. The van der Waals surface area contributed by atoms with Gasteiger partial charge in [0.05, 0.1) is 18.1 Å². The molecule has 2 aliphatic rings. The number of hydrogen-bond acceptors (Lipinski definition) is 5. The number of thioether (sulfide) groups is 1. The molecule has 0 atom stereocenters. The van der Waals surface area contributed by atoms with Gasteiger partial charge in [-0.1, -0.05) is 36.1 Å². The molecule has 0 aromatic heterocycles. The Hall–Kier alpha value is -1.21. The number of rotatable bonds is 4. The molecule has 0 saturated carbocycles. The first-order valence-corrected chi connectivity index (χ1v) is 9.81. The van der Waals surface area contributed by atoms with Crippen molar-refractivity contribution in [3.63, 3.8) is 0 Å². The zero-order chi connectivity index (χ0) is 18.0. The van der Waals surface area contributed by atoms with Gasteiger partial charge in [0.15, 0.2) is 0 Å². The number of thiocarbonyl (C=S) groups is 1. The molecule has 0 N–H and O–H groups in total. The number of aryl methyl sites for hydroxylation is 3. The normalized spacial score (nSPS) is 20.8. The molecular formula is C19H24N2O2S2. The molecule has 2 heterocycles. The maximum Gasteiger partial charge on any atom is 0.266 e. The number of amides is 1. The van der Waals surface area contributed by atoms with E-state index < -0.39 is 0 Å². The Morgan fingerprint density at radius 2 is 1.80 bits per heavy atom. The van der Waals surface area contributed by atoms with Crippen LogP contribution in [0.1, 0.15) is 22.3 Å². The van der Waals surface area contributed by atoms with Gasteiger partial charge in [-0.25, -0.2) is 0 Å². The monoisotopic (exact) mass is 376 g/mol. The number of ether oxygens (including phenoxy) is 1. The SMILES string of the molecule is Cc1cc(C)c(/C=C2\SC(=S)N(CCN3CCOCC3)C2=O)cc1C. The van der Waals surface area contributed by atoms with E-state index in [0.29, 0.717) is 10.9 Å². The fourth-order valence-corrected chi connectivity index (χ4v) is 4.34. The minimum atomic E-state index is 0.0286. The smallest absolute Gasteiger partial charge is 0.266 e. The number of carbonyl (C=O) groups is 1. The van der Waals surface area contributed by atoms with Gasteiger partial charge in [-0.05, 0) is 49.1 Å². The van der Waals surface area contributed by atoms with Crippen LogP contribution in [-0.4, -0.2) is 59.4 Å². The van der Waals surface area contributed by atoms with Crippen molar-refractivity contribution in [2.24, 2.45) is 0 Å². The summed E-state index contributed by atoms with van der Waals surface area (Å²) in [6, 6.07) is 4.31. The molecule has 134 valence electrons. The van der Waals surface area contributed by atoms with Crippen molar-refractivity contribution in [3.05, 3.63) is 39.3 Å². The number of benzene rings is 1. The standard InChI is InChI=1S/C19H24N2O2S2/c1-13-10-15(3)16(11-14(13)2)12-17-18(22)21(19(24)25-17)5-4-20-6-8-23-9-7-20/h10-12H,4-9H2,1-3H3/b17-12-. The van der Waals surface area contributed by atoms with E-state index in [0.717, 1.165) is 43.3 Å². The maximum absolute atomic E-state index is 12.8. The quantitative estimate of drug-likeness (QED) is 0.595. The van der Waals surface area contributed by atoms with E-state index in [2.05, 4.69) is 37.8 Å². The molecule has 0 aliphatic carbocycles. The van der Waals surface area contributed by atoms with Crippen molar-refractivity contribution in [3.8, 4) is 0 Å². The Balaban J connectivity index is 1.71. The van der Waals surface area contributed by atoms with Crippen LogP contribution in [0.4, 0.5) is 0 Å². The Bertz CT molecular complexity index is 724. The van der Waals surface area contributed by atoms with Crippen LogP contribution in [0.3, 0.4) is 0 Å². The van der Waals surface area contributed by atoms with E-state index in [9.17, 15) is 4.79 Å². The van der Waals surface area contributed by atoms with Crippen LogP contribution >= 0.6 is 24.0 Å². The van der Waals surface area contributed by atoms with E-state index in [4.69, 9.17) is 17.0 Å². The van der Waals surface area contributed by atoms with Crippen molar-refractivity contribution in [2.75, 3.05) is 39.4 Å². The molecule has 4 nitrogen and oxygen atoms in total. The van der Waals surface area contributed by atoms with Gasteiger partial charge in [0.25, 0.3) is 5.91 Å². The van der Waals surface area contributed by atoms with Crippen molar-refractivity contribution in [1.29, 1.82) is 0 Å². The number of nitrogens with zero attached hydrogens (tertiary/aromatic N) is 2. The van der Waals surface area contributed by atoms with Crippen molar-refractivity contribution in [2.45, 2.75) is 20.8 Å². The number of morpholine rings is 1. The molecule has 0 radical (unpaired) electrons. The lowest BCUT2D eigenvalue weighted by Gasteiger charge is -2.28. The highest BCUT2D eigenvalue weighted by atomic mass is 32.2. The zero-order valence-corrected chi connectivity index (χ0v) is 16.6. The molecule has 0 bridgehead atoms.